The second-order valence-corrected chi connectivity index (χ2v) is 8.35. The van der Waals surface area contributed by atoms with Gasteiger partial charge in [0.2, 0.25) is 5.91 Å². The Hall–Kier alpha value is -3.88. The maximum atomic E-state index is 12.9. The molecule has 34 heavy (non-hydrogen) atoms. The van der Waals surface area contributed by atoms with Crippen molar-refractivity contribution >= 4 is 23.6 Å². The minimum Gasteiger partial charge on any atom is -0.493 e. The number of hydrogen-bond donors (Lipinski definition) is 1. The molecule has 2 aliphatic heterocycles. The second-order valence-electron chi connectivity index (χ2n) is 8.35. The molecule has 1 fully saturated rings. The number of benzene rings is 2. The van der Waals surface area contributed by atoms with E-state index >= 15 is 0 Å². The third-order valence-corrected chi connectivity index (χ3v) is 6.35. The molecule has 4 amide bonds. The van der Waals surface area contributed by atoms with Gasteiger partial charge in [-0.05, 0) is 50.1 Å². The van der Waals surface area contributed by atoms with Crippen LogP contribution in [0.1, 0.15) is 50.8 Å². The van der Waals surface area contributed by atoms with Crippen molar-refractivity contribution in [1.29, 1.82) is 0 Å². The predicted octanol–water partition coefficient (Wildman–Crippen LogP) is 2.11. The zero-order chi connectivity index (χ0) is 24.4. The molecule has 1 unspecified atom stereocenters. The van der Waals surface area contributed by atoms with Crippen LogP contribution in [0.3, 0.4) is 0 Å². The van der Waals surface area contributed by atoms with Gasteiger partial charge in [-0.3, -0.25) is 24.1 Å². The van der Waals surface area contributed by atoms with Crippen LogP contribution in [0.5, 0.6) is 11.5 Å². The molecule has 2 aromatic rings. The average molecular weight is 466 g/mol. The summed E-state index contributed by atoms with van der Waals surface area (Å²) in [6.45, 7) is 2.49. The van der Waals surface area contributed by atoms with E-state index in [1.807, 2.05) is 0 Å². The predicted molar refractivity (Wildman–Crippen MR) is 123 cm³/mol. The monoisotopic (exact) mass is 465 g/mol. The van der Waals surface area contributed by atoms with Crippen LogP contribution in [0.4, 0.5) is 0 Å². The fraction of sp³-hybridized carbons (Fsp3) is 0.360. The number of carbonyl (C=O) groups is 4. The first-order valence-corrected chi connectivity index (χ1v) is 11.1. The lowest BCUT2D eigenvalue weighted by Gasteiger charge is -2.33. The van der Waals surface area contributed by atoms with E-state index in [2.05, 4.69) is 5.32 Å². The van der Waals surface area contributed by atoms with Crippen molar-refractivity contribution in [3.05, 3.63) is 59.2 Å². The highest BCUT2D eigenvalue weighted by Crippen LogP contribution is 2.29. The summed E-state index contributed by atoms with van der Waals surface area (Å²) >= 11 is 0. The number of carbonyl (C=O) groups excluding carboxylic acids is 4. The van der Waals surface area contributed by atoms with Crippen LogP contribution in [0, 0.1) is 0 Å². The molecule has 1 N–H and O–H groups in total. The summed E-state index contributed by atoms with van der Waals surface area (Å²) in [5.41, 5.74) is 1.13. The number of fused-ring (bicyclic) bond motifs is 1. The Bertz CT molecular complexity index is 1100. The lowest BCUT2D eigenvalue weighted by molar-refractivity contribution is -0.125. The van der Waals surface area contributed by atoms with Crippen molar-refractivity contribution < 1.29 is 28.7 Å². The first-order chi connectivity index (χ1) is 16.3. The molecule has 0 saturated carbocycles. The summed E-state index contributed by atoms with van der Waals surface area (Å²) in [4.78, 5) is 53.8. The maximum absolute atomic E-state index is 12.9. The fourth-order valence-electron chi connectivity index (χ4n) is 4.38. The van der Waals surface area contributed by atoms with Gasteiger partial charge >= 0.3 is 0 Å². The number of piperidine rings is 1. The number of methoxy groups -OCH3 is 2. The summed E-state index contributed by atoms with van der Waals surface area (Å²) < 4.78 is 10.5. The van der Waals surface area contributed by atoms with Gasteiger partial charge in [-0.2, -0.15) is 0 Å². The van der Waals surface area contributed by atoms with Gasteiger partial charge in [0.1, 0.15) is 6.04 Å². The van der Waals surface area contributed by atoms with Crippen molar-refractivity contribution in [2.75, 3.05) is 27.3 Å². The zero-order valence-electron chi connectivity index (χ0n) is 19.4. The molecule has 178 valence electrons. The normalized spacial score (nSPS) is 16.8. The number of nitrogens with zero attached hydrogens (tertiary/aromatic N) is 2. The van der Waals surface area contributed by atoms with Crippen LogP contribution < -0.4 is 14.8 Å². The third kappa shape index (κ3) is 4.21. The summed E-state index contributed by atoms with van der Waals surface area (Å²) in [6.07, 6.45) is 1.14. The smallest absolute Gasteiger partial charge is 0.262 e. The Morgan fingerprint density at radius 2 is 1.53 bits per heavy atom. The van der Waals surface area contributed by atoms with Crippen molar-refractivity contribution in [2.45, 2.75) is 31.8 Å². The minimum absolute atomic E-state index is 0.120. The number of ether oxygens (including phenoxy) is 2. The Morgan fingerprint density at radius 3 is 2.09 bits per heavy atom. The summed E-state index contributed by atoms with van der Waals surface area (Å²) in [7, 11) is 3.05. The molecule has 0 bridgehead atoms. The van der Waals surface area contributed by atoms with E-state index in [0.29, 0.717) is 54.1 Å². The first-order valence-electron chi connectivity index (χ1n) is 11.1. The van der Waals surface area contributed by atoms with E-state index in [1.165, 1.54) is 14.2 Å². The Labute approximate surface area is 197 Å². The average Bonchev–Trinajstić information content (AvgIpc) is 3.12. The van der Waals surface area contributed by atoms with Crippen LogP contribution in [-0.4, -0.2) is 72.8 Å². The molecular weight excluding hydrogens is 438 g/mol. The standard InChI is InChI=1S/C25H27N3O6/c1-15(28-24(31)18-6-4-5-7-19(18)25(28)32)22(29)26-17-10-12-27(13-11-17)23(30)16-8-9-20(33-2)21(14-16)34-3/h4-9,14-15,17H,10-13H2,1-3H3,(H,26,29). The van der Waals surface area contributed by atoms with Crippen molar-refractivity contribution in [3.8, 4) is 11.5 Å². The van der Waals surface area contributed by atoms with Gasteiger partial charge in [0, 0.05) is 24.7 Å². The fourth-order valence-corrected chi connectivity index (χ4v) is 4.38. The molecule has 9 heteroatoms. The molecule has 0 aromatic heterocycles. The minimum atomic E-state index is -0.932. The van der Waals surface area contributed by atoms with Gasteiger partial charge in [-0.1, -0.05) is 12.1 Å². The van der Waals surface area contributed by atoms with Crippen molar-refractivity contribution in [3.63, 3.8) is 0 Å². The van der Waals surface area contributed by atoms with Gasteiger partial charge in [-0.25, -0.2) is 0 Å². The Kier molecular flexibility index (Phi) is 6.54. The van der Waals surface area contributed by atoms with E-state index in [9.17, 15) is 19.2 Å². The van der Waals surface area contributed by atoms with Crippen LogP contribution >= 0.6 is 0 Å². The first kappa shape index (κ1) is 23.3. The Morgan fingerprint density at radius 1 is 0.941 bits per heavy atom. The highest BCUT2D eigenvalue weighted by Gasteiger charge is 2.41. The quantitative estimate of drug-likeness (QED) is 0.655. The van der Waals surface area contributed by atoms with Crippen LogP contribution in [0.15, 0.2) is 42.5 Å². The third-order valence-electron chi connectivity index (χ3n) is 6.35. The second kappa shape index (κ2) is 9.54. The number of amides is 4. The highest BCUT2D eigenvalue weighted by molar-refractivity contribution is 6.22. The number of hydrogen-bond acceptors (Lipinski definition) is 6. The molecule has 0 aliphatic carbocycles. The van der Waals surface area contributed by atoms with Crippen molar-refractivity contribution in [1.82, 2.24) is 15.1 Å². The molecule has 2 aromatic carbocycles. The number of likely N-dealkylation sites (tertiary alicyclic amines) is 1. The van der Waals surface area contributed by atoms with Gasteiger partial charge in [0.25, 0.3) is 17.7 Å². The molecule has 0 spiro atoms. The topological polar surface area (TPSA) is 105 Å². The van der Waals surface area contributed by atoms with Gasteiger partial charge in [0.05, 0.1) is 25.3 Å². The van der Waals surface area contributed by atoms with Crippen LogP contribution in [0.2, 0.25) is 0 Å². The summed E-state index contributed by atoms with van der Waals surface area (Å²) in [5, 5.41) is 2.94. The lowest BCUT2D eigenvalue weighted by Crippen LogP contribution is -2.53. The molecular formula is C25H27N3O6. The molecule has 9 nitrogen and oxygen atoms in total. The SMILES string of the molecule is COc1ccc(C(=O)N2CCC(NC(=O)C(C)N3C(=O)c4ccccc4C3=O)CC2)cc1OC. The van der Waals surface area contributed by atoms with E-state index < -0.39 is 17.9 Å². The largest absolute Gasteiger partial charge is 0.493 e. The molecule has 1 saturated heterocycles. The van der Waals surface area contributed by atoms with E-state index in [0.717, 1.165) is 4.90 Å². The maximum Gasteiger partial charge on any atom is 0.262 e. The van der Waals surface area contributed by atoms with E-state index in [4.69, 9.17) is 9.47 Å². The van der Waals surface area contributed by atoms with Crippen LogP contribution in [-0.2, 0) is 4.79 Å². The molecule has 0 radical (unpaired) electrons. The molecule has 2 aliphatic rings. The van der Waals surface area contributed by atoms with Gasteiger partial charge in [0.15, 0.2) is 11.5 Å². The summed E-state index contributed by atoms with van der Waals surface area (Å²) in [5.74, 6) is -0.397. The summed E-state index contributed by atoms with van der Waals surface area (Å²) in [6, 6.07) is 10.5. The van der Waals surface area contributed by atoms with Crippen LogP contribution in [0.25, 0.3) is 0 Å². The van der Waals surface area contributed by atoms with Gasteiger partial charge in [-0.15, -0.1) is 0 Å². The van der Waals surface area contributed by atoms with E-state index in [-0.39, 0.29) is 17.9 Å². The molecule has 4 rings (SSSR count). The van der Waals surface area contributed by atoms with E-state index in [1.54, 1.807) is 54.3 Å². The number of nitrogens with one attached hydrogen (secondary N) is 1. The lowest BCUT2D eigenvalue weighted by atomic mass is 10.0. The number of rotatable bonds is 6. The highest BCUT2D eigenvalue weighted by atomic mass is 16.5. The number of imide groups is 1. The molecule has 1 atom stereocenters. The van der Waals surface area contributed by atoms with Gasteiger partial charge < -0.3 is 19.7 Å². The van der Waals surface area contributed by atoms with Crippen molar-refractivity contribution in [2.24, 2.45) is 0 Å². The Balaban J connectivity index is 1.34. The molecule has 2 heterocycles. The zero-order valence-corrected chi connectivity index (χ0v) is 19.4.